The van der Waals surface area contributed by atoms with Gasteiger partial charge >= 0.3 is 6.18 Å². The maximum absolute atomic E-state index is 13.9. The summed E-state index contributed by atoms with van der Waals surface area (Å²) < 4.78 is 48.5. The van der Waals surface area contributed by atoms with Gasteiger partial charge in [-0.15, -0.1) is 5.10 Å². The number of fused-ring (bicyclic) bond motifs is 1. The predicted molar refractivity (Wildman–Crippen MR) is 148 cm³/mol. The van der Waals surface area contributed by atoms with Crippen molar-refractivity contribution < 1.29 is 37.1 Å². The Morgan fingerprint density at radius 3 is 2.14 bits per heavy atom. The number of carbonyl (C=O) groups is 4. The van der Waals surface area contributed by atoms with E-state index in [4.69, 9.17) is 4.74 Å². The van der Waals surface area contributed by atoms with Crippen LogP contribution in [0.2, 0.25) is 0 Å². The van der Waals surface area contributed by atoms with Crippen LogP contribution >= 0.6 is 11.5 Å². The number of imide groups is 1. The Hall–Kier alpha value is -5.11. The van der Waals surface area contributed by atoms with Crippen LogP contribution in [0.25, 0.3) is 0 Å². The van der Waals surface area contributed by atoms with E-state index in [9.17, 15) is 32.3 Å². The number of ether oxygens (including phenoxy) is 1. The highest BCUT2D eigenvalue weighted by atomic mass is 32.1. The van der Waals surface area contributed by atoms with Gasteiger partial charge in [0.1, 0.15) is 18.0 Å². The lowest BCUT2D eigenvalue weighted by molar-refractivity contribution is -0.140. The van der Waals surface area contributed by atoms with Gasteiger partial charge in [0.2, 0.25) is 5.91 Å². The third kappa shape index (κ3) is 6.23. The minimum atomic E-state index is -4.58. The Kier molecular flexibility index (Phi) is 8.21. The molecule has 0 saturated heterocycles. The van der Waals surface area contributed by atoms with Crippen molar-refractivity contribution in [2.45, 2.75) is 18.8 Å². The van der Waals surface area contributed by atoms with Crippen LogP contribution in [0.4, 0.5) is 18.9 Å². The zero-order valence-electron chi connectivity index (χ0n) is 22.4. The SMILES string of the molecule is COc1ccc(NC(=O)C(c2csnn2)N(Cc2ccc(C(F)(F)F)cc2)C(=O)CN2C(=O)c3ccccc3C2=O)cc1. The summed E-state index contributed by atoms with van der Waals surface area (Å²) in [5, 5.41) is 8.15. The number of alkyl halides is 3. The topological polar surface area (TPSA) is 122 Å². The molecule has 4 amide bonds. The molecule has 0 fully saturated rings. The molecular weight excluding hydrogens is 587 g/mol. The molecule has 1 N–H and O–H groups in total. The first-order chi connectivity index (χ1) is 20.6. The van der Waals surface area contributed by atoms with Gasteiger partial charge in [0.15, 0.2) is 6.04 Å². The van der Waals surface area contributed by atoms with Crippen molar-refractivity contribution in [1.29, 1.82) is 0 Å². The second-order valence-electron chi connectivity index (χ2n) is 9.41. The van der Waals surface area contributed by atoms with E-state index in [0.29, 0.717) is 11.4 Å². The fourth-order valence-corrected chi connectivity index (χ4v) is 5.01. The molecule has 5 rings (SSSR count). The maximum atomic E-state index is 13.9. The Morgan fingerprint density at radius 1 is 0.977 bits per heavy atom. The molecule has 4 aromatic rings. The zero-order valence-corrected chi connectivity index (χ0v) is 23.2. The van der Waals surface area contributed by atoms with Gasteiger partial charge in [0, 0.05) is 17.6 Å². The quantitative estimate of drug-likeness (QED) is 0.276. The summed E-state index contributed by atoms with van der Waals surface area (Å²) in [5.74, 6) is -2.35. The summed E-state index contributed by atoms with van der Waals surface area (Å²) >= 11 is 0.923. The van der Waals surface area contributed by atoms with E-state index in [1.165, 1.54) is 36.8 Å². The average Bonchev–Trinajstić information content (AvgIpc) is 3.60. The number of rotatable bonds is 9. The van der Waals surface area contributed by atoms with Crippen LogP contribution in [0.1, 0.15) is 43.6 Å². The summed E-state index contributed by atoms with van der Waals surface area (Å²) in [6, 6.07) is 15.1. The molecule has 2 heterocycles. The number of anilines is 1. The highest BCUT2D eigenvalue weighted by Gasteiger charge is 2.40. The van der Waals surface area contributed by atoms with Crippen molar-refractivity contribution in [2.75, 3.05) is 19.0 Å². The molecule has 0 saturated carbocycles. The number of nitrogens with zero attached hydrogens (tertiary/aromatic N) is 4. The monoisotopic (exact) mass is 609 g/mol. The van der Waals surface area contributed by atoms with Crippen molar-refractivity contribution in [1.82, 2.24) is 19.4 Å². The number of benzene rings is 3. The smallest absolute Gasteiger partial charge is 0.416 e. The van der Waals surface area contributed by atoms with Gasteiger partial charge in [-0.25, -0.2) is 0 Å². The number of carbonyl (C=O) groups excluding carboxylic acids is 4. The van der Waals surface area contributed by atoms with Crippen molar-refractivity contribution in [3.63, 3.8) is 0 Å². The van der Waals surface area contributed by atoms with Gasteiger partial charge in [-0.1, -0.05) is 28.8 Å². The highest BCUT2D eigenvalue weighted by Crippen LogP contribution is 2.31. The van der Waals surface area contributed by atoms with Gasteiger partial charge in [-0.3, -0.25) is 24.1 Å². The molecule has 0 spiro atoms. The van der Waals surface area contributed by atoms with Crippen LogP contribution in [-0.4, -0.2) is 56.7 Å². The Labute approximate surface area is 246 Å². The first kappa shape index (κ1) is 29.4. The van der Waals surface area contributed by atoms with Gasteiger partial charge in [0.25, 0.3) is 17.7 Å². The molecule has 3 aromatic carbocycles. The Balaban J connectivity index is 1.49. The molecule has 1 aliphatic rings. The van der Waals surface area contributed by atoms with E-state index in [1.54, 1.807) is 36.4 Å². The van der Waals surface area contributed by atoms with E-state index >= 15 is 0 Å². The molecule has 0 bridgehead atoms. The normalized spacial score (nSPS) is 13.4. The molecule has 1 atom stereocenters. The minimum absolute atomic E-state index is 0.0821. The van der Waals surface area contributed by atoms with Gasteiger partial charge in [-0.2, -0.15) is 13.2 Å². The molecule has 0 aliphatic carbocycles. The van der Waals surface area contributed by atoms with Crippen molar-refractivity contribution in [2.24, 2.45) is 0 Å². The van der Waals surface area contributed by atoms with Gasteiger partial charge in [0.05, 0.1) is 23.8 Å². The lowest BCUT2D eigenvalue weighted by Crippen LogP contribution is -2.47. The molecule has 10 nitrogen and oxygen atoms in total. The molecule has 43 heavy (non-hydrogen) atoms. The van der Waals surface area contributed by atoms with Crippen LogP contribution in [0.3, 0.4) is 0 Å². The summed E-state index contributed by atoms with van der Waals surface area (Å²) in [6.45, 7) is -1.07. The number of aromatic nitrogens is 2. The Bertz CT molecular complexity index is 1630. The summed E-state index contributed by atoms with van der Waals surface area (Å²) in [5.41, 5.74) is 0.0749. The van der Waals surface area contributed by atoms with E-state index in [1.807, 2.05) is 0 Å². The summed E-state index contributed by atoms with van der Waals surface area (Å²) in [7, 11) is 1.48. The standard InChI is InChI=1S/C29H22F3N5O5S/c1-42-20-12-10-19(11-13-20)33-26(39)25(23-16-43-35-34-23)36(14-17-6-8-18(9-7-17)29(30,31)32)24(38)15-37-27(40)21-4-2-3-5-22(21)28(37)41/h2-13,16,25H,14-15H2,1H3,(H,33,39). The largest absolute Gasteiger partial charge is 0.497 e. The van der Waals surface area contributed by atoms with Crippen LogP contribution in [0.5, 0.6) is 5.75 Å². The van der Waals surface area contributed by atoms with Crippen LogP contribution in [-0.2, 0) is 22.3 Å². The molecule has 1 unspecified atom stereocenters. The molecule has 1 aliphatic heterocycles. The van der Waals surface area contributed by atoms with E-state index in [-0.39, 0.29) is 28.9 Å². The fraction of sp³-hybridized carbons (Fsp3) is 0.172. The number of amides is 4. The molecule has 1 aromatic heterocycles. The number of nitrogens with one attached hydrogen (secondary N) is 1. The Morgan fingerprint density at radius 2 is 1.60 bits per heavy atom. The van der Waals surface area contributed by atoms with Crippen molar-refractivity contribution in [3.8, 4) is 5.75 Å². The van der Waals surface area contributed by atoms with Crippen molar-refractivity contribution in [3.05, 3.63) is 106 Å². The van der Waals surface area contributed by atoms with E-state index in [2.05, 4.69) is 14.9 Å². The second-order valence-corrected chi connectivity index (χ2v) is 10.0. The molecular formula is C29H22F3N5O5S. The third-order valence-corrected chi connectivity index (χ3v) is 7.22. The number of methoxy groups -OCH3 is 1. The second kappa shape index (κ2) is 12.0. The van der Waals surface area contributed by atoms with Crippen LogP contribution in [0, 0.1) is 0 Å². The molecule has 14 heteroatoms. The number of hydrogen-bond donors (Lipinski definition) is 1. The lowest BCUT2D eigenvalue weighted by Gasteiger charge is -2.31. The van der Waals surface area contributed by atoms with E-state index < -0.39 is 48.0 Å². The first-order valence-corrected chi connectivity index (χ1v) is 13.5. The van der Waals surface area contributed by atoms with E-state index in [0.717, 1.165) is 33.5 Å². The predicted octanol–water partition coefficient (Wildman–Crippen LogP) is 4.57. The van der Waals surface area contributed by atoms with Gasteiger partial charge in [-0.05, 0) is 65.6 Å². The van der Waals surface area contributed by atoms with Crippen LogP contribution in [0.15, 0.2) is 78.2 Å². The fourth-order valence-electron chi connectivity index (χ4n) is 4.54. The lowest BCUT2D eigenvalue weighted by atomic mass is 10.1. The first-order valence-electron chi connectivity index (χ1n) is 12.7. The maximum Gasteiger partial charge on any atom is 0.416 e. The zero-order chi connectivity index (χ0) is 30.7. The van der Waals surface area contributed by atoms with Gasteiger partial charge < -0.3 is 15.0 Å². The number of halogens is 3. The third-order valence-electron chi connectivity index (χ3n) is 6.70. The summed E-state index contributed by atoms with van der Waals surface area (Å²) in [4.78, 5) is 55.5. The molecule has 0 radical (unpaired) electrons. The minimum Gasteiger partial charge on any atom is -0.497 e. The van der Waals surface area contributed by atoms with Crippen molar-refractivity contribution >= 4 is 40.8 Å². The number of hydrogen-bond acceptors (Lipinski definition) is 8. The molecule has 220 valence electrons. The summed E-state index contributed by atoms with van der Waals surface area (Å²) in [6.07, 6.45) is -4.58. The average molecular weight is 610 g/mol. The van der Waals surface area contributed by atoms with Crippen LogP contribution < -0.4 is 10.1 Å². The highest BCUT2D eigenvalue weighted by molar-refractivity contribution is 7.03.